The first kappa shape index (κ1) is 8.97. The molecule has 0 bridgehead atoms. The average Bonchev–Trinajstić information content (AvgIpc) is 2.37. The average molecular weight is 158 g/mol. The molecule has 3 nitrogen and oxygen atoms in total. The van der Waals surface area contributed by atoms with Crippen LogP contribution in [0.4, 0.5) is 0 Å². The Morgan fingerprint density at radius 2 is 2.00 bits per heavy atom. The van der Waals surface area contributed by atoms with E-state index in [-0.39, 0.29) is 0 Å². The topological polar surface area (TPSA) is 38.5 Å². The van der Waals surface area contributed by atoms with Gasteiger partial charge in [0.2, 0.25) is 0 Å². The van der Waals surface area contributed by atoms with Crippen LogP contribution in [0.1, 0.15) is 26.7 Å². The Balaban J connectivity index is 2.41. The molecular weight excluding hydrogens is 140 g/mol. The fourth-order valence-corrected chi connectivity index (χ4v) is 1.54. The molecule has 1 heterocycles. The van der Waals surface area contributed by atoms with Crippen molar-refractivity contribution in [2.24, 2.45) is 5.73 Å². The van der Waals surface area contributed by atoms with Crippen LogP contribution in [0.2, 0.25) is 0 Å². The zero-order valence-corrected chi connectivity index (χ0v) is 7.47. The Labute approximate surface area is 68.5 Å². The molecule has 0 aliphatic carbocycles. The summed E-state index contributed by atoms with van der Waals surface area (Å²) >= 11 is 0. The quantitative estimate of drug-likeness (QED) is 0.616. The first-order chi connectivity index (χ1) is 5.17. The van der Waals surface area contributed by atoms with Crippen LogP contribution < -0.4 is 5.73 Å². The smallest absolute Gasteiger partial charge is 0.171 e. The fraction of sp³-hybridized carbons (Fsp3) is 1.00. The number of rotatable bonds is 3. The summed E-state index contributed by atoms with van der Waals surface area (Å²) in [4.78, 5) is 2.19. The molecular formula is C8H18N2O. The third-order valence-corrected chi connectivity index (χ3v) is 2.17. The van der Waals surface area contributed by atoms with Gasteiger partial charge in [-0.1, -0.05) is 0 Å². The first-order valence-corrected chi connectivity index (χ1v) is 4.34. The molecule has 1 saturated heterocycles. The van der Waals surface area contributed by atoms with Gasteiger partial charge in [-0.25, -0.2) is 0 Å². The first-order valence-electron chi connectivity index (χ1n) is 4.34. The SMILES string of the molecule is CCOC(C)(N)N1CCCC1. The summed E-state index contributed by atoms with van der Waals surface area (Å²) < 4.78 is 5.42. The second-order valence-electron chi connectivity index (χ2n) is 3.18. The molecule has 0 amide bonds. The van der Waals surface area contributed by atoms with Crippen LogP contribution in [0.3, 0.4) is 0 Å². The lowest BCUT2D eigenvalue weighted by Crippen LogP contribution is -2.54. The van der Waals surface area contributed by atoms with Gasteiger partial charge in [0.05, 0.1) is 0 Å². The molecule has 1 aliphatic heterocycles. The molecule has 1 atom stereocenters. The van der Waals surface area contributed by atoms with E-state index in [4.69, 9.17) is 10.5 Å². The van der Waals surface area contributed by atoms with Gasteiger partial charge in [-0.15, -0.1) is 0 Å². The summed E-state index contributed by atoms with van der Waals surface area (Å²) in [6.45, 7) is 6.74. The van der Waals surface area contributed by atoms with Gasteiger partial charge in [0.1, 0.15) is 0 Å². The van der Waals surface area contributed by atoms with Crippen molar-refractivity contribution in [1.29, 1.82) is 0 Å². The minimum atomic E-state index is -0.536. The second-order valence-corrected chi connectivity index (χ2v) is 3.18. The molecule has 11 heavy (non-hydrogen) atoms. The summed E-state index contributed by atoms with van der Waals surface area (Å²) in [5.74, 6) is -0.536. The highest BCUT2D eigenvalue weighted by atomic mass is 16.5. The molecule has 1 fully saturated rings. The normalized spacial score (nSPS) is 25.4. The number of nitrogens with zero attached hydrogens (tertiary/aromatic N) is 1. The third kappa shape index (κ3) is 2.15. The van der Waals surface area contributed by atoms with Gasteiger partial charge in [0, 0.05) is 19.7 Å². The molecule has 0 spiro atoms. The van der Waals surface area contributed by atoms with E-state index >= 15 is 0 Å². The van der Waals surface area contributed by atoms with E-state index < -0.39 is 5.85 Å². The third-order valence-electron chi connectivity index (χ3n) is 2.17. The van der Waals surface area contributed by atoms with Crippen molar-refractivity contribution < 1.29 is 4.74 Å². The van der Waals surface area contributed by atoms with Crippen LogP contribution in [0.5, 0.6) is 0 Å². The zero-order chi connectivity index (χ0) is 8.32. The summed E-state index contributed by atoms with van der Waals surface area (Å²) in [7, 11) is 0. The second kappa shape index (κ2) is 3.52. The van der Waals surface area contributed by atoms with Crippen molar-refractivity contribution in [3.63, 3.8) is 0 Å². The van der Waals surface area contributed by atoms with Gasteiger partial charge in [-0.2, -0.15) is 0 Å². The van der Waals surface area contributed by atoms with E-state index in [9.17, 15) is 0 Å². The number of nitrogens with two attached hydrogens (primary N) is 1. The van der Waals surface area contributed by atoms with Gasteiger partial charge < -0.3 is 4.74 Å². The summed E-state index contributed by atoms with van der Waals surface area (Å²) in [6.07, 6.45) is 2.50. The molecule has 0 aromatic carbocycles. The summed E-state index contributed by atoms with van der Waals surface area (Å²) in [5, 5.41) is 0. The Bertz CT molecular complexity index is 119. The highest BCUT2D eigenvalue weighted by molar-refractivity contribution is 4.75. The van der Waals surface area contributed by atoms with E-state index in [1.165, 1.54) is 12.8 Å². The van der Waals surface area contributed by atoms with Crippen molar-refractivity contribution in [1.82, 2.24) is 4.90 Å². The molecule has 1 aliphatic rings. The maximum absolute atomic E-state index is 5.94. The summed E-state index contributed by atoms with van der Waals surface area (Å²) in [6, 6.07) is 0. The monoisotopic (exact) mass is 158 g/mol. The van der Waals surface area contributed by atoms with Gasteiger partial charge in [0.15, 0.2) is 5.85 Å². The lowest BCUT2D eigenvalue weighted by atomic mass is 10.4. The molecule has 3 heteroatoms. The molecule has 0 saturated carbocycles. The minimum absolute atomic E-state index is 0.536. The lowest BCUT2D eigenvalue weighted by molar-refractivity contribution is -0.127. The standard InChI is InChI=1S/C8H18N2O/c1-3-11-8(2,9)10-6-4-5-7-10/h3-7,9H2,1-2H3. The highest BCUT2D eigenvalue weighted by Gasteiger charge is 2.29. The molecule has 0 radical (unpaired) electrons. The van der Waals surface area contributed by atoms with Crippen molar-refractivity contribution >= 4 is 0 Å². The largest absolute Gasteiger partial charge is 0.348 e. The molecule has 66 valence electrons. The van der Waals surface area contributed by atoms with Crippen LogP contribution in [-0.2, 0) is 4.74 Å². The van der Waals surface area contributed by atoms with E-state index in [0.717, 1.165) is 13.1 Å². The predicted molar refractivity (Wildman–Crippen MR) is 45.0 cm³/mol. The van der Waals surface area contributed by atoms with Crippen LogP contribution in [0.25, 0.3) is 0 Å². The number of ether oxygens (including phenoxy) is 1. The minimum Gasteiger partial charge on any atom is -0.348 e. The van der Waals surface area contributed by atoms with Gasteiger partial charge in [0.25, 0.3) is 0 Å². The van der Waals surface area contributed by atoms with E-state index in [2.05, 4.69) is 4.90 Å². The maximum atomic E-state index is 5.94. The Morgan fingerprint density at radius 1 is 1.45 bits per heavy atom. The molecule has 2 N–H and O–H groups in total. The molecule has 1 unspecified atom stereocenters. The fourth-order valence-electron chi connectivity index (χ4n) is 1.54. The number of hydrogen-bond donors (Lipinski definition) is 1. The highest BCUT2D eigenvalue weighted by Crippen LogP contribution is 2.17. The number of hydrogen-bond acceptors (Lipinski definition) is 3. The maximum Gasteiger partial charge on any atom is 0.171 e. The van der Waals surface area contributed by atoms with Crippen molar-refractivity contribution in [2.75, 3.05) is 19.7 Å². The van der Waals surface area contributed by atoms with Crippen LogP contribution >= 0.6 is 0 Å². The lowest BCUT2D eigenvalue weighted by Gasteiger charge is -2.34. The van der Waals surface area contributed by atoms with Crippen LogP contribution in [-0.4, -0.2) is 30.4 Å². The Kier molecular flexibility index (Phi) is 2.87. The van der Waals surface area contributed by atoms with E-state index in [1.54, 1.807) is 0 Å². The number of likely N-dealkylation sites (tertiary alicyclic amines) is 1. The van der Waals surface area contributed by atoms with Gasteiger partial charge in [-0.05, 0) is 26.7 Å². The molecule has 0 aromatic heterocycles. The van der Waals surface area contributed by atoms with Crippen molar-refractivity contribution in [3.05, 3.63) is 0 Å². The van der Waals surface area contributed by atoms with E-state index in [1.807, 2.05) is 13.8 Å². The van der Waals surface area contributed by atoms with Crippen molar-refractivity contribution in [3.8, 4) is 0 Å². The van der Waals surface area contributed by atoms with Gasteiger partial charge in [-0.3, -0.25) is 10.6 Å². The van der Waals surface area contributed by atoms with Crippen LogP contribution in [0, 0.1) is 0 Å². The predicted octanol–water partition coefficient (Wildman–Crippen LogP) is 0.751. The zero-order valence-electron chi connectivity index (χ0n) is 7.47. The molecule has 0 aromatic rings. The summed E-state index contributed by atoms with van der Waals surface area (Å²) in [5.41, 5.74) is 5.94. The Hall–Kier alpha value is -0.120. The van der Waals surface area contributed by atoms with Gasteiger partial charge >= 0.3 is 0 Å². The van der Waals surface area contributed by atoms with Crippen molar-refractivity contribution in [2.45, 2.75) is 32.5 Å². The van der Waals surface area contributed by atoms with Crippen LogP contribution in [0.15, 0.2) is 0 Å². The Morgan fingerprint density at radius 3 is 2.45 bits per heavy atom. The molecule has 1 rings (SSSR count). The van der Waals surface area contributed by atoms with E-state index in [0.29, 0.717) is 6.61 Å².